The molecule has 7 nitrogen and oxygen atoms in total. The second kappa shape index (κ2) is 7.06. The number of rotatable bonds is 3. The van der Waals surface area contributed by atoms with Crippen LogP contribution in [0, 0.1) is 13.8 Å². The van der Waals surface area contributed by atoms with Gasteiger partial charge in [-0.2, -0.15) is 4.31 Å². The molecule has 1 aliphatic heterocycles. The number of carbonyl (C=O) groups excluding carboxylic acids is 1. The Labute approximate surface area is 155 Å². The molecule has 2 aromatic rings. The smallest absolute Gasteiger partial charge is 0.264 e. The Morgan fingerprint density at radius 3 is 2.60 bits per heavy atom. The lowest BCUT2D eigenvalue weighted by molar-refractivity contribution is 0.0769. The number of halogens is 1. The Morgan fingerprint density at radius 2 is 2.00 bits per heavy atom. The van der Waals surface area contributed by atoms with Gasteiger partial charge in [-0.3, -0.25) is 4.79 Å². The Kier molecular flexibility index (Phi) is 5.19. The van der Waals surface area contributed by atoms with Gasteiger partial charge < -0.3 is 9.42 Å². The zero-order chi connectivity index (χ0) is 18.2. The van der Waals surface area contributed by atoms with Crippen molar-refractivity contribution in [2.24, 2.45) is 0 Å². The van der Waals surface area contributed by atoms with Crippen LogP contribution in [0.15, 0.2) is 21.6 Å². The molecule has 0 spiro atoms. The average molecular weight is 404 g/mol. The predicted molar refractivity (Wildman–Crippen MR) is 94.6 cm³/mol. The lowest BCUT2D eigenvalue weighted by Gasteiger charge is -2.21. The molecule has 2 aromatic heterocycles. The highest BCUT2D eigenvalue weighted by Crippen LogP contribution is 2.26. The van der Waals surface area contributed by atoms with Crippen LogP contribution in [-0.4, -0.2) is 54.9 Å². The van der Waals surface area contributed by atoms with E-state index in [1.165, 1.54) is 15.6 Å². The van der Waals surface area contributed by atoms with E-state index in [1.54, 1.807) is 30.9 Å². The third-order valence-corrected chi connectivity index (χ3v) is 7.45. The number of aromatic nitrogens is 1. The molecular weight excluding hydrogens is 386 g/mol. The van der Waals surface area contributed by atoms with Gasteiger partial charge in [0.2, 0.25) is 10.0 Å². The summed E-state index contributed by atoms with van der Waals surface area (Å²) in [7, 11) is -3.69. The van der Waals surface area contributed by atoms with Crippen LogP contribution >= 0.6 is 22.9 Å². The van der Waals surface area contributed by atoms with E-state index in [9.17, 15) is 13.2 Å². The van der Waals surface area contributed by atoms with Crippen molar-refractivity contribution in [3.8, 4) is 0 Å². The van der Waals surface area contributed by atoms with Crippen LogP contribution in [0.25, 0.3) is 0 Å². The first-order chi connectivity index (χ1) is 11.8. The van der Waals surface area contributed by atoms with Crippen molar-refractivity contribution in [2.45, 2.75) is 25.2 Å². The van der Waals surface area contributed by atoms with Gasteiger partial charge in [-0.05, 0) is 32.4 Å². The summed E-state index contributed by atoms with van der Waals surface area (Å²) in [5, 5.41) is 3.73. The van der Waals surface area contributed by atoms with E-state index in [0.29, 0.717) is 41.0 Å². The van der Waals surface area contributed by atoms with E-state index < -0.39 is 10.0 Å². The lowest BCUT2D eigenvalue weighted by atomic mass is 10.3. The minimum Gasteiger partial charge on any atom is -0.360 e. The summed E-state index contributed by atoms with van der Waals surface area (Å²) in [5.41, 5.74) is 0.350. The first-order valence-electron chi connectivity index (χ1n) is 7.78. The largest absolute Gasteiger partial charge is 0.360 e. The molecule has 0 unspecified atom stereocenters. The first-order valence-corrected chi connectivity index (χ1v) is 10.4. The molecule has 3 heterocycles. The summed E-state index contributed by atoms with van der Waals surface area (Å²) in [5.74, 6) is 0.163. The van der Waals surface area contributed by atoms with Crippen molar-refractivity contribution < 1.29 is 17.7 Å². The van der Waals surface area contributed by atoms with Crippen molar-refractivity contribution in [2.75, 3.05) is 26.2 Å². The SMILES string of the molecule is Cc1noc(C)c1S(=O)(=O)N1CCCN(C(=O)c2ccc(Cl)s2)CC1. The summed E-state index contributed by atoms with van der Waals surface area (Å²) >= 11 is 7.12. The quantitative estimate of drug-likeness (QED) is 0.786. The molecule has 1 fully saturated rings. The number of thiophene rings is 1. The second-order valence-electron chi connectivity index (χ2n) is 5.81. The fourth-order valence-electron chi connectivity index (χ4n) is 2.89. The summed E-state index contributed by atoms with van der Waals surface area (Å²) in [6.45, 7) is 4.61. The van der Waals surface area contributed by atoms with E-state index in [2.05, 4.69) is 5.16 Å². The van der Waals surface area contributed by atoms with Gasteiger partial charge in [0.25, 0.3) is 5.91 Å². The van der Waals surface area contributed by atoms with Gasteiger partial charge in [0.1, 0.15) is 10.6 Å². The van der Waals surface area contributed by atoms with Gasteiger partial charge in [0, 0.05) is 26.2 Å². The maximum atomic E-state index is 12.9. The molecule has 136 valence electrons. The molecule has 1 aliphatic rings. The number of carbonyl (C=O) groups is 1. The standard InChI is InChI=1S/C15H18ClN3O4S2/c1-10-14(11(2)23-17-10)25(21,22)19-7-3-6-18(8-9-19)15(20)12-4-5-13(16)24-12/h4-5H,3,6-9H2,1-2H3. The van der Waals surface area contributed by atoms with Crippen LogP contribution in [0.5, 0.6) is 0 Å². The second-order valence-corrected chi connectivity index (χ2v) is 9.40. The lowest BCUT2D eigenvalue weighted by Crippen LogP contribution is -2.37. The fourth-order valence-corrected chi connectivity index (χ4v) is 5.67. The maximum absolute atomic E-state index is 12.9. The summed E-state index contributed by atoms with van der Waals surface area (Å²) < 4.78 is 32.7. The van der Waals surface area contributed by atoms with E-state index in [4.69, 9.17) is 16.1 Å². The molecule has 10 heteroatoms. The molecule has 0 saturated carbocycles. The molecule has 0 N–H and O–H groups in total. The molecule has 3 rings (SSSR count). The Hall–Kier alpha value is -1.42. The highest BCUT2D eigenvalue weighted by molar-refractivity contribution is 7.89. The normalized spacial score (nSPS) is 16.8. The van der Waals surface area contributed by atoms with Crippen molar-refractivity contribution in [3.05, 3.63) is 32.8 Å². The third kappa shape index (κ3) is 3.59. The predicted octanol–water partition coefficient (Wildman–Crippen LogP) is 2.54. The van der Waals surface area contributed by atoms with E-state index in [1.807, 2.05) is 0 Å². The van der Waals surface area contributed by atoms with Crippen LogP contribution in [0.1, 0.15) is 27.5 Å². The Morgan fingerprint density at radius 1 is 1.24 bits per heavy atom. The van der Waals surface area contributed by atoms with Crippen LogP contribution < -0.4 is 0 Å². The van der Waals surface area contributed by atoms with E-state index >= 15 is 0 Å². The molecule has 0 radical (unpaired) electrons. The fraction of sp³-hybridized carbons (Fsp3) is 0.467. The molecule has 1 amide bonds. The van der Waals surface area contributed by atoms with Crippen LogP contribution in [0.3, 0.4) is 0 Å². The zero-order valence-electron chi connectivity index (χ0n) is 13.9. The van der Waals surface area contributed by atoms with Gasteiger partial charge in [-0.1, -0.05) is 16.8 Å². The van der Waals surface area contributed by atoms with Crippen LogP contribution in [0.2, 0.25) is 4.34 Å². The van der Waals surface area contributed by atoms with Gasteiger partial charge in [0.15, 0.2) is 5.76 Å². The number of hydrogen-bond acceptors (Lipinski definition) is 6. The summed E-state index contributed by atoms with van der Waals surface area (Å²) in [6.07, 6.45) is 0.563. The number of sulfonamides is 1. The maximum Gasteiger partial charge on any atom is 0.264 e. The molecule has 1 saturated heterocycles. The van der Waals surface area contributed by atoms with Crippen molar-refractivity contribution in [1.82, 2.24) is 14.4 Å². The molecular formula is C15H18ClN3O4S2. The third-order valence-electron chi connectivity index (χ3n) is 4.09. The van der Waals surface area contributed by atoms with Crippen molar-refractivity contribution in [1.29, 1.82) is 0 Å². The van der Waals surface area contributed by atoms with Gasteiger partial charge in [0.05, 0.1) is 9.21 Å². The number of hydrogen-bond donors (Lipinski definition) is 0. The van der Waals surface area contributed by atoms with E-state index in [0.717, 1.165) is 0 Å². The first kappa shape index (κ1) is 18.4. The molecule has 0 bridgehead atoms. The Bertz CT molecular complexity index is 871. The average Bonchev–Trinajstić information content (AvgIpc) is 3.03. The molecule has 0 atom stereocenters. The summed E-state index contributed by atoms with van der Waals surface area (Å²) in [4.78, 5) is 14.9. The molecule has 0 aromatic carbocycles. The molecule has 0 aliphatic carbocycles. The monoisotopic (exact) mass is 403 g/mol. The minimum atomic E-state index is -3.69. The van der Waals surface area contributed by atoms with Gasteiger partial charge in [-0.25, -0.2) is 8.42 Å². The Balaban J connectivity index is 1.76. The number of aryl methyl sites for hydroxylation is 2. The van der Waals surface area contributed by atoms with Crippen LogP contribution in [-0.2, 0) is 10.0 Å². The zero-order valence-corrected chi connectivity index (χ0v) is 16.2. The van der Waals surface area contributed by atoms with Crippen molar-refractivity contribution in [3.63, 3.8) is 0 Å². The van der Waals surface area contributed by atoms with Crippen LogP contribution in [0.4, 0.5) is 0 Å². The number of nitrogens with zero attached hydrogens (tertiary/aromatic N) is 3. The highest BCUT2D eigenvalue weighted by Gasteiger charge is 2.33. The van der Waals surface area contributed by atoms with Gasteiger partial charge >= 0.3 is 0 Å². The minimum absolute atomic E-state index is 0.117. The van der Waals surface area contributed by atoms with Gasteiger partial charge in [-0.15, -0.1) is 11.3 Å². The van der Waals surface area contributed by atoms with Crippen molar-refractivity contribution >= 4 is 38.9 Å². The molecule has 25 heavy (non-hydrogen) atoms. The highest BCUT2D eigenvalue weighted by atomic mass is 35.5. The van der Waals surface area contributed by atoms with E-state index in [-0.39, 0.29) is 23.1 Å². The topological polar surface area (TPSA) is 83.7 Å². The number of amides is 1. The summed E-state index contributed by atoms with van der Waals surface area (Å²) in [6, 6.07) is 3.38.